The molecular weight excluding hydrogens is 404 g/mol. The first-order chi connectivity index (χ1) is 13.7. The lowest BCUT2D eigenvalue weighted by atomic mass is 10.0. The molecule has 1 unspecified atom stereocenters. The van der Waals surface area contributed by atoms with E-state index >= 15 is 0 Å². The number of rotatable bonds is 13. The first-order valence-corrected chi connectivity index (χ1v) is 12.0. The lowest BCUT2D eigenvalue weighted by Gasteiger charge is -2.19. The number of carbonyl (C=O) groups is 1. The third-order valence-electron chi connectivity index (χ3n) is 4.90. The number of carboxylic acids is 1. The Hall–Kier alpha value is -1.38. The summed E-state index contributed by atoms with van der Waals surface area (Å²) < 4.78 is 1.93. The summed E-state index contributed by atoms with van der Waals surface area (Å²) in [6, 6.07) is 2.46. The Kier molecular flexibility index (Phi) is 9.17. The summed E-state index contributed by atoms with van der Waals surface area (Å²) in [5, 5.41) is 19.5. The zero-order valence-corrected chi connectivity index (χ0v) is 19.8. The number of thiazole rings is 1. The Bertz CT molecular complexity index is 785. The van der Waals surface area contributed by atoms with Gasteiger partial charge in [0, 0.05) is 31.4 Å². The van der Waals surface area contributed by atoms with Gasteiger partial charge < -0.3 is 10.4 Å². The highest BCUT2D eigenvalue weighted by Crippen LogP contribution is 2.34. The molecule has 0 amide bonds. The number of nitrogens with one attached hydrogen (secondary N) is 1. The topological polar surface area (TPSA) is 80.0 Å². The highest BCUT2D eigenvalue weighted by atomic mass is 32.2. The van der Waals surface area contributed by atoms with Crippen LogP contribution in [-0.2, 0) is 18.3 Å². The van der Waals surface area contributed by atoms with Crippen LogP contribution < -0.4 is 5.32 Å². The molecule has 0 saturated carbocycles. The summed E-state index contributed by atoms with van der Waals surface area (Å²) in [4.78, 5) is 15.9. The lowest BCUT2D eigenvalue weighted by molar-refractivity contribution is -0.138. The summed E-state index contributed by atoms with van der Waals surface area (Å²) in [5.41, 5.74) is 3.29. The third-order valence-corrected chi connectivity index (χ3v) is 7.07. The van der Waals surface area contributed by atoms with E-state index in [2.05, 4.69) is 28.4 Å². The van der Waals surface area contributed by atoms with Crippen LogP contribution in [0, 0.1) is 6.92 Å². The SMILES string of the molecule is CCCCCCC(NCCc1csc(SC(C)(C)C(=O)O)n1)c1cc(C)nn1C. The second-order valence-corrected chi connectivity index (χ2v) is 10.7. The quantitative estimate of drug-likeness (QED) is 0.339. The maximum atomic E-state index is 11.3. The molecule has 0 bridgehead atoms. The van der Waals surface area contributed by atoms with E-state index < -0.39 is 10.7 Å². The standard InChI is InChI=1S/C21H34N4O2S2/c1-6-7-8-9-10-17(18-13-15(2)24-25(18)5)22-12-11-16-14-28-20(23-16)29-21(3,4)19(26)27/h13-14,17,22H,6-12H2,1-5H3,(H,26,27). The van der Waals surface area contributed by atoms with E-state index in [4.69, 9.17) is 0 Å². The minimum absolute atomic E-state index is 0.288. The van der Waals surface area contributed by atoms with Crippen LogP contribution >= 0.6 is 23.1 Å². The summed E-state index contributed by atoms with van der Waals surface area (Å²) in [6.07, 6.45) is 6.92. The number of carboxylic acid groups (broad SMARTS) is 1. The maximum absolute atomic E-state index is 11.3. The predicted octanol–water partition coefficient (Wildman–Crippen LogP) is 4.98. The van der Waals surface area contributed by atoms with E-state index in [-0.39, 0.29) is 6.04 Å². The van der Waals surface area contributed by atoms with E-state index in [9.17, 15) is 9.90 Å². The van der Waals surface area contributed by atoms with Crippen LogP contribution in [0.15, 0.2) is 15.8 Å². The maximum Gasteiger partial charge on any atom is 0.319 e. The van der Waals surface area contributed by atoms with Crippen molar-refractivity contribution in [1.29, 1.82) is 0 Å². The van der Waals surface area contributed by atoms with Gasteiger partial charge in [-0.1, -0.05) is 44.4 Å². The van der Waals surface area contributed by atoms with Gasteiger partial charge in [-0.2, -0.15) is 5.10 Å². The lowest BCUT2D eigenvalue weighted by Crippen LogP contribution is -2.27. The predicted molar refractivity (Wildman–Crippen MR) is 121 cm³/mol. The molecule has 0 aliphatic rings. The van der Waals surface area contributed by atoms with Crippen molar-refractivity contribution < 1.29 is 9.90 Å². The number of hydrogen-bond donors (Lipinski definition) is 2. The van der Waals surface area contributed by atoms with E-state index in [1.807, 2.05) is 24.0 Å². The fourth-order valence-corrected chi connectivity index (χ4v) is 5.40. The van der Waals surface area contributed by atoms with Gasteiger partial charge in [-0.05, 0) is 33.3 Å². The van der Waals surface area contributed by atoms with Crippen LogP contribution in [0.1, 0.15) is 76.0 Å². The zero-order valence-electron chi connectivity index (χ0n) is 18.2. The number of aliphatic carboxylic acids is 1. The smallest absolute Gasteiger partial charge is 0.319 e. The van der Waals surface area contributed by atoms with Crippen molar-refractivity contribution >= 4 is 29.1 Å². The monoisotopic (exact) mass is 438 g/mol. The van der Waals surface area contributed by atoms with Gasteiger partial charge in [0.1, 0.15) is 4.75 Å². The Balaban J connectivity index is 1.92. The molecule has 6 nitrogen and oxygen atoms in total. The summed E-state index contributed by atoms with van der Waals surface area (Å²) in [7, 11) is 2.01. The van der Waals surface area contributed by atoms with Crippen molar-refractivity contribution in [3.05, 3.63) is 28.5 Å². The molecule has 2 N–H and O–H groups in total. The molecule has 0 spiro atoms. The molecule has 0 fully saturated rings. The van der Waals surface area contributed by atoms with Crippen LogP contribution in [0.25, 0.3) is 0 Å². The van der Waals surface area contributed by atoms with Crippen molar-refractivity contribution in [2.24, 2.45) is 7.05 Å². The fraction of sp³-hybridized carbons (Fsp3) is 0.667. The van der Waals surface area contributed by atoms with Crippen LogP contribution in [0.5, 0.6) is 0 Å². The average molecular weight is 439 g/mol. The van der Waals surface area contributed by atoms with Crippen molar-refractivity contribution in [1.82, 2.24) is 20.1 Å². The number of thioether (sulfide) groups is 1. The minimum atomic E-state index is -0.867. The fourth-order valence-electron chi connectivity index (χ4n) is 3.17. The van der Waals surface area contributed by atoms with Gasteiger partial charge in [0.15, 0.2) is 4.34 Å². The Morgan fingerprint density at radius 2 is 2.14 bits per heavy atom. The second-order valence-electron chi connectivity index (χ2n) is 7.96. The van der Waals surface area contributed by atoms with E-state index in [0.717, 1.165) is 35.1 Å². The van der Waals surface area contributed by atoms with Crippen LogP contribution in [0.4, 0.5) is 0 Å². The Morgan fingerprint density at radius 1 is 1.38 bits per heavy atom. The van der Waals surface area contributed by atoms with E-state index in [1.165, 1.54) is 54.5 Å². The van der Waals surface area contributed by atoms with Crippen molar-refractivity contribution in [3.63, 3.8) is 0 Å². The number of aryl methyl sites for hydroxylation is 2. The Morgan fingerprint density at radius 3 is 2.76 bits per heavy atom. The molecule has 2 aromatic rings. The average Bonchev–Trinajstić information content (AvgIpc) is 3.22. The van der Waals surface area contributed by atoms with Gasteiger partial charge >= 0.3 is 5.97 Å². The zero-order chi connectivity index (χ0) is 21.4. The van der Waals surface area contributed by atoms with E-state index in [0.29, 0.717) is 0 Å². The van der Waals surface area contributed by atoms with Crippen LogP contribution in [-0.4, -0.2) is 37.1 Å². The molecule has 0 radical (unpaired) electrons. The van der Waals surface area contributed by atoms with Crippen molar-refractivity contribution in [3.8, 4) is 0 Å². The molecule has 2 aromatic heterocycles. The van der Waals surface area contributed by atoms with Gasteiger partial charge in [0.05, 0.1) is 17.1 Å². The molecule has 2 heterocycles. The molecule has 0 aliphatic carbocycles. The third kappa shape index (κ3) is 7.42. The van der Waals surface area contributed by atoms with Gasteiger partial charge in [-0.25, -0.2) is 4.98 Å². The molecule has 162 valence electrons. The largest absolute Gasteiger partial charge is 0.480 e. The summed E-state index contributed by atoms with van der Waals surface area (Å²) >= 11 is 2.83. The van der Waals surface area contributed by atoms with Gasteiger partial charge in [-0.3, -0.25) is 9.48 Å². The van der Waals surface area contributed by atoms with Crippen LogP contribution in [0.3, 0.4) is 0 Å². The van der Waals surface area contributed by atoms with Crippen LogP contribution in [0.2, 0.25) is 0 Å². The van der Waals surface area contributed by atoms with E-state index in [1.54, 1.807) is 13.8 Å². The number of hydrogen-bond acceptors (Lipinski definition) is 6. The molecule has 1 atom stereocenters. The summed E-state index contributed by atoms with van der Waals surface area (Å²) in [6.45, 7) is 8.52. The molecule has 8 heteroatoms. The molecule has 29 heavy (non-hydrogen) atoms. The molecule has 0 aliphatic heterocycles. The van der Waals surface area contributed by atoms with Crippen molar-refractivity contribution in [2.75, 3.05) is 6.54 Å². The highest BCUT2D eigenvalue weighted by Gasteiger charge is 2.29. The highest BCUT2D eigenvalue weighted by molar-refractivity contribution is 8.02. The Labute approximate surface area is 182 Å². The first kappa shape index (κ1) is 23.9. The van der Waals surface area contributed by atoms with Gasteiger partial charge in [0.2, 0.25) is 0 Å². The molecular formula is C21H34N4O2S2. The minimum Gasteiger partial charge on any atom is -0.480 e. The van der Waals surface area contributed by atoms with Gasteiger partial charge in [0.25, 0.3) is 0 Å². The van der Waals surface area contributed by atoms with Gasteiger partial charge in [-0.15, -0.1) is 11.3 Å². The molecule has 0 aromatic carbocycles. The second kappa shape index (κ2) is 11.1. The first-order valence-electron chi connectivity index (χ1n) is 10.3. The van der Waals surface area contributed by atoms with Crippen molar-refractivity contribution in [2.45, 2.75) is 81.3 Å². The normalized spacial score (nSPS) is 13.0. The molecule has 0 saturated heterocycles. The number of unbranched alkanes of at least 4 members (excludes halogenated alkanes) is 3. The number of nitrogens with zero attached hydrogens (tertiary/aromatic N) is 3. The number of aromatic nitrogens is 3. The summed E-state index contributed by atoms with van der Waals surface area (Å²) in [5.74, 6) is -0.821. The molecule has 2 rings (SSSR count).